The summed E-state index contributed by atoms with van der Waals surface area (Å²) in [6.45, 7) is 9.42. The third-order valence-corrected chi connectivity index (χ3v) is 14.0. The number of aliphatic hydroxyl groups is 1. The van der Waals surface area contributed by atoms with Crippen molar-refractivity contribution in [1.29, 1.82) is 0 Å². The van der Waals surface area contributed by atoms with Gasteiger partial charge in [0.15, 0.2) is 5.72 Å². The standard InChI is InChI=1S/C40H58ClN3O11S2/c1-24-13-12-14-29(52-10)40(49)21-31(54-36(48)42-40)39(5)22-38(4,55-39)30(20-33(46)44(7)27-18-26(17-24)19-28(51-9)34(27)41)53-35(47)25(2)43(6)32(45)15-16-37(3,23-50-8)57-56-11/h12-14,18-19,25,29-31,49H,15-17,20-23H2,1-11H3,(H,42,48)/b14-12+,24-13+/t25-,29+,30-,31-,37?,38+,39-,40-/m0/s1. The van der Waals surface area contributed by atoms with Crippen molar-refractivity contribution in [3.05, 3.63) is 46.5 Å². The summed E-state index contributed by atoms with van der Waals surface area (Å²) in [7, 11) is 10.9. The number of halogens is 1. The number of alkyl carbamates (subject to hydrolysis) is 1. The fourth-order valence-electron chi connectivity index (χ4n) is 7.70. The normalized spacial score (nSPS) is 31.0. The van der Waals surface area contributed by atoms with E-state index in [-0.39, 0.29) is 41.4 Å². The fraction of sp³-hybridized carbons (Fsp3) is 0.650. The van der Waals surface area contributed by atoms with Gasteiger partial charge in [0.05, 0.1) is 25.8 Å². The Hall–Kier alpha value is -2.99. The molecule has 3 amide bonds. The van der Waals surface area contributed by atoms with E-state index in [2.05, 4.69) is 5.32 Å². The number of hydrogen-bond donors (Lipinski definition) is 2. The Bertz CT molecular complexity index is 1710. The average molecular weight is 857 g/mol. The van der Waals surface area contributed by atoms with Crippen LogP contribution in [0.15, 0.2) is 35.9 Å². The van der Waals surface area contributed by atoms with Gasteiger partial charge in [0.25, 0.3) is 0 Å². The van der Waals surface area contributed by atoms with Gasteiger partial charge in [0, 0.05) is 52.3 Å². The highest BCUT2D eigenvalue weighted by atomic mass is 35.5. The first-order chi connectivity index (χ1) is 26.7. The van der Waals surface area contributed by atoms with Crippen molar-refractivity contribution in [3.8, 4) is 5.75 Å². The molecule has 1 aromatic rings. The molecule has 4 aliphatic rings. The van der Waals surface area contributed by atoms with E-state index in [1.165, 1.54) is 24.0 Å². The van der Waals surface area contributed by atoms with E-state index in [9.17, 15) is 24.3 Å². The minimum Gasteiger partial charge on any atom is -0.495 e. The van der Waals surface area contributed by atoms with Gasteiger partial charge in [-0.1, -0.05) is 57.0 Å². The van der Waals surface area contributed by atoms with Crippen LogP contribution in [0.4, 0.5) is 10.5 Å². The number of ether oxygens (including phenoxy) is 6. The van der Waals surface area contributed by atoms with Crippen LogP contribution in [0.25, 0.3) is 0 Å². The van der Waals surface area contributed by atoms with Crippen LogP contribution in [0.1, 0.15) is 72.3 Å². The van der Waals surface area contributed by atoms with Crippen LogP contribution in [-0.4, -0.2) is 128 Å². The van der Waals surface area contributed by atoms with Crippen molar-refractivity contribution in [2.75, 3.05) is 53.2 Å². The van der Waals surface area contributed by atoms with Crippen LogP contribution in [0.2, 0.25) is 5.02 Å². The Kier molecular flexibility index (Phi) is 15.5. The smallest absolute Gasteiger partial charge is 0.409 e. The van der Waals surface area contributed by atoms with Gasteiger partial charge >= 0.3 is 12.1 Å². The van der Waals surface area contributed by atoms with Gasteiger partial charge in [-0.25, -0.2) is 9.59 Å². The number of rotatable bonds is 12. The molecule has 2 fully saturated rings. The second-order valence-corrected chi connectivity index (χ2v) is 19.2. The summed E-state index contributed by atoms with van der Waals surface area (Å²) in [4.78, 5) is 57.2. The molecule has 0 radical (unpaired) electrons. The third kappa shape index (κ3) is 10.8. The Balaban J connectivity index is 1.70. The Morgan fingerprint density at radius 3 is 2.51 bits per heavy atom. The highest BCUT2D eigenvalue weighted by Crippen LogP contribution is 2.50. The molecular formula is C40H58ClN3O11S2. The quantitative estimate of drug-likeness (QED) is 0.190. The minimum atomic E-state index is -1.86. The molecule has 0 saturated carbocycles. The van der Waals surface area contributed by atoms with E-state index in [1.807, 2.05) is 26.2 Å². The molecule has 1 unspecified atom stereocenters. The fourth-order valence-corrected chi connectivity index (χ4v) is 10.4. The lowest BCUT2D eigenvalue weighted by Gasteiger charge is -2.59. The molecule has 4 aliphatic heterocycles. The van der Waals surface area contributed by atoms with E-state index >= 15 is 0 Å². The predicted molar refractivity (Wildman–Crippen MR) is 222 cm³/mol. The Labute approximate surface area is 349 Å². The van der Waals surface area contributed by atoms with Crippen molar-refractivity contribution in [1.82, 2.24) is 10.2 Å². The van der Waals surface area contributed by atoms with E-state index in [0.717, 1.165) is 11.1 Å². The van der Waals surface area contributed by atoms with Gasteiger partial charge in [-0.05, 0) is 71.4 Å². The molecule has 1 aromatic carbocycles. The number of nitrogens with one attached hydrogen (secondary N) is 1. The molecule has 6 bridgehead atoms. The van der Waals surface area contributed by atoms with E-state index in [4.69, 9.17) is 40.0 Å². The molecule has 0 aromatic heterocycles. The van der Waals surface area contributed by atoms with Crippen LogP contribution in [0.3, 0.4) is 0 Å². The van der Waals surface area contributed by atoms with Crippen LogP contribution in [-0.2, 0) is 44.5 Å². The lowest BCUT2D eigenvalue weighted by atomic mass is 9.72. The number of anilines is 1. The number of carbonyl (C=O) groups excluding carboxylic acids is 4. The number of esters is 1. The van der Waals surface area contributed by atoms with Crippen molar-refractivity contribution in [3.63, 3.8) is 0 Å². The zero-order valence-corrected chi connectivity index (χ0v) is 37.2. The van der Waals surface area contributed by atoms with Crippen molar-refractivity contribution in [2.45, 2.75) is 119 Å². The van der Waals surface area contributed by atoms with Crippen LogP contribution < -0.4 is 15.0 Å². The summed E-state index contributed by atoms with van der Waals surface area (Å²) in [6, 6.07) is 2.58. The first-order valence-corrected chi connectivity index (χ1v) is 21.7. The first kappa shape index (κ1) is 46.7. The highest BCUT2D eigenvalue weighted by Gasteiger charge is 2.63. The molecule has 8 atom stereocenters. The summed E-state index contributed by atoms with van der Waals surface area (Å²) in [5.74, 6) is -1.06. The number of allylic oxidation sites excluding steroid dienone is 3. The van der Waals surface area contributed by atoms with Gasteiger partial charge in [-0.2, -0.15) is 0 Å². The van der Waals surface area contributed by atoms with Crippen LogP contribution >= 0.6 is 33.2 Å². The zero-order valence-electron chi connectivity index (χ0n) is 34.8. The van der Waals surface area contributed by atoms with Gasteiger partial charge in [-0.3, -0.25) is 14.9 Å². The Morgan fingerprint density at radius 1 is 1.21 bits per heavy atom. The molecule has 0 aliphatic carbocycles. The summed E-state index contributed by atoms with van der Waals surface area (Å²) < 4.78 is 34.7. The number of fused-ring (bicyclic) bond motifs is 6. The van der Waals surface area contributed by atoms with Gasteiger partial charge < -0.3 is 43.3 Å². The van der Waals surface area contributed by atoms with Gasteiger partial charge in [-0.15, -0.1) is 0 Å². The largest absolute Gasteiger partial charge is 0.495 e. The maximum Gasteiger partial charge on any atom is 0.409 e. The summed E-state index contributed by atoms with van der Waals surface area (Å²) in [6.07, 6.45) is 4.16. The average Bonchev–Trinajstić information content (AvgIpc) is 3.13. The van der Waals surface area contributed by atoms with Crippen molar-refractivity contribution in [2.24, 2.45) is 0 Å². The number of amides is 3. The number of benzene rings is 1. The molecule has 0 spiro atoms. The molecule has 17 heteroatoms. The van der Waals surface area contributed by atoms with E-state index < -0.39 is 59.3 Å². The molecule has 5 rings (SSSR count). The molecule has 57 heavy (non-hydrogen) atoms. The number of likely N-dealkylation sites (N-methyl/N-ethyl adjacent to an activating group) is 1. The van der Waals surface area contributed by atoms with E-state index in [0.29, 0.717) is 30.9 Å². The first-order valence-electron chi connectivity index (χ1n) is 18.7. The van der Waals surface area contributed by atoms with Gasteiger partial charge in [0.2, 0.25) is 11.8 Å². The predicted octanol–water partition coefficient (Wildman–Crippen LogP) is 5.86. The number of nitrogens with zero attached hydrogens (tertiary/aromatic N) is 2. The maximum absolute atomic E-state index is 14.2. The Morgan fingerprint density at radius 2 is 1.89 bits per heavy atom. The zero-order chi connectivity index (χ0) is 42.5. The van der Waals surface area contributed by atoms with Crippen molar-refractivity contribution < 1.29 is 52.7 Å². The molecule has 4 heterocycles. The lowest BCUT2D eigenvalue weighted by molar-refractivity contribution is -0.328. The number of hydrogen-bond acceptors (Lipinski definition) is 13. The third-order valence-electron chi connectivity index (χ3n) is 11.0. The molecule has 2 saturated heterocycles. The number of methoxy groups -OCH3 is 3. The SMILES string of the molecule is COCC(C)(CCC(=O)N(C)[C@@H](C)C(=O)O[C@H]1CC(=O)N(C)c2cc(cc(OC)c2Cl)C/C(C)=C/C=C/[C@@H](OC)[C@@]2(O)C[C@H](OC(=O)N2)[C@]2(C)C[C@@]1(C)O2)SSC. The highest BCUT2D eigenvalue weighted by molar-refractivity contribution is 8.77. The maximum atomic E-state index is 14.2. The molecule has 14 nitrogen and oxygen atoms in total. The molecule has 2 N–H and O–H groups in total. The van der Waals surface area contributed by atoms with E-state index in [1.54, 1.807) is 87.8 Å². The molecule has 318 valence electrons. The second kappa shape index (κ2) is 18.9. The lowest BCUT2D eigenvalue weighted by Crippen LogP contribution is -2.72. The molecular weight excluding hydrogens is 798 g/mol. The minimum absolute atomic E-state index is 0.101. The monoisotopic (exact) mass is 855 g/mol. The number of carbonyl (C=O) groups is 4. The summed E-state index contributed by atoms with van der Waals surface area (Å²) >= 11 is 6.79. The van der Waals surface area contributed by atoms with Crippen molar-refractivity contribution >= 4 is 62.8 Å². The van der Waals surface area contributed by atoms with Crippen LogP contribution in [0.5, 0.6) is 5.75 Å². The van der Waals surface area contributed by atoms with Crippen LogP contribution in [0, 0.1) is 0 Å². The summed E-state index contributed by atoms with van der Waals surface area (Å²) in [5, 5.41) is 14.5. The summed E-state index contributed by atoms with van der Waals surface area (Å²) in [5.41, 5.74) is -2.17. The topological polar surface area (TPSA) is 162 Å². The van der Waals surface area contributed by atoms with Gasteiger partial charge in [0.1, 0.15) is 46.3 Å². The second-order valence-electron chi connectivity index (χ2n) is 15.8.